The van der Waals surface area contributed by atoms with E-state index in [1.165, 1.54) is 29.2 Å². The third-order valence-electron chi connectivity index (χ3n) is 7.51. The number of nitrogens with zero attached hydrogens (tertiary/aromatic N) is 2. The molecular weight excluding hydrogens is 687 g/mol. The number of fused-ring (bicyclic) bond motifs is 1. The maximum Gasteiger partial charge on any atom is 0.337 e. The molecule has 0 radical (unpaired) electrons. The summed E-state index contributed by atoms with van der Waals surface area (Å²) in [6.45, 7) is 11.0. The summed E-state index contributed by atoms with van der Waals surface area (Å²) in [5.41, 5.74) is 2.82. The van der Waals surface area contributed by atoms with Crippen LogP contribution in [0.2, 0.25) is 10.0 Å². The maximum atomic E-state index is 14.2. The van der Waals surface area contributed by atoms with Crippen LogP contribution in [0.1, 0.15) is 49.1 Å². The Labute approximate surface area is 298 Å². The highest BCUT2D eigenvalue weighted by Crippen LogP contribution is 2.37. The molecule has 0 spiro atoms. The van der Waals surface area contributed by atoms with Crippen LogP contribution in [0.25, 0.3) is 6.08 Å². The fourth-order valence-electron chi connectivity index (χ4n) is 5.43. The smallest absolute Gasteiger partial charge is 0.337 e. The lowest BCUT2D eigenvalue weighted by Gasteiger charge is -2.23. The lowest BCUT2D eigenvalue weighted by molar-refractivity contribution is -0.136. The molecule has 5 rings (SSSR count). The van der Waals surface area contributed by atoms with E-state index in [9.17, 15) is 9.59 Å². The molecule has 9 nitrogen and oxygen atoms in total. The molecule has 0 saturated carbocycles. The fourth-order valence-corrected chi connectivity index (χ4v) is 6.86. The van der Waals surface area contributed by atoms with Gasteiger partial charge in [-0.2, -0.15) is 0 Å². The quantitative estimate of drug-likeness (QED) is 0.104. The van der Waals surface area contributed by atoms with Crippen LogP contribution in [0.5, 0.6) is 23.0 Å². The predicted molar refractivity (Wildman–Crippen MR) is 192 cm³/mol. The van der Waals surface area contributed by atoms with Crippen LogP contribution in [0.3, 0.4) is 0 Å². The van der Waals surface area contributed by atoms with E-state index in [1.54, 1.807) is 36.4 Å². The Kier molecular flexibility index (Phi) is 11.9. The van der Waals surface area contributed by atoms with Gasteiger partial charge in [-0.1, -0.05) is 52.7 Å². The van der Waals surface area contributed by atoms with Crippen LogP contribution in [-0.2, 0) is 22.6 Å². The molecule has 0 aliphatic carbocycles. The Balaban J connectivity index is 1.61. The molecule has 256 valence electrons. The third kappa shape index (κ3) is 7.88. The summed E-state index contributed by atoms with van der Waals surface area (Å²) < 4.78 is 30.9. The highest BCUT2D eigenvalue weighted by Gasteiger charge is 2.31. The van der Waals surface area contributed by atoms with Gasteiger partial charge in [-0.05, 0) is 80.8 Å². The predicted octanol–water partition coefficient (Wildman–Crippen LogP) is 6.83. The average molecular weight is 724 g/mol. The highest BCUT2D eigenvalue weighted by molar-refractivity contribution is 7.07. The number of carbonyl (C=O) groups is 1. The first-order chi connectivity index (χ1) is 23.7. The molecule has 1 aromatic heterocycles. The van der Waals surface area contributed by atoms with Crippen LogP contribution < -0.4 is 33.8 Å². The monoisotopic (exact) mass is 722 g/mol. The Morgan fingerprint density at radius 1 is 0.939 bits per heavy atom. The first kappa shape index (κ1) is 35.8. The summed E-state index contributed by atoms with van der Waals surface area (Å²) in [7, 11) is 1.30. The van der Waals surface area contributed by atoms with E-state index in [2.05, 4.69) is 11.6 Å². The van der Waals surface area contributed by atoms with Crippen molar-refractivity contribution >= 4 is 46.6 Å². The van der Waals surface area contributed by atoms with Gasteiger partial charge in [0.15, 0.2) is 27.8 Å². The number of rotatable bonds is 14. The zero-order valence-electron chi connectivity index (χ0n) is 27.6. The molecule has 1 aliphatic heterocycles. The van der Waals surface area contributed by atoms with Crippen molar-refractivity contribution in [3.8, 4) is 23.0 Å². The number of hydrogen-bond donors (Lipinski definition) is 0. The van der Waals surface area contributed by atoms with Crippen LogP contribution in [-0.4, -0.2) is 37.5 Å². The van der Waals surface area contributed by atoms with E-state index in [1.807, 2.05) is 45.0 Å². The number of benzene rings is 3. The van der Waals surface area contributed by atoms with Gasteiger partial charge in [0.2, 0.25) is 0 Å². The minimum atomic E-state index is -0.813. The maximum absolute atomic E-state index is 14.2. The number of hydrogen-bond acceptors (Lipinski definition) is 9. The minimum absolute atomic E-state index is 0.192. The number of methoxy groups -OCH3 is 1. The van der Waals surface area contributed by atoms with Crippen molar-refractivity contribution in [2.75, 3.05) is 26.9 Å². The SMILES string of the molecule is C=CCc1cc(/C=c2\sc3n(c2=O)[C@H](c2ccc(OCC)c(OCC)c2)C(C(=O)OC)=CN=3)cc(OCC)c1OCc1ccc(Cl)cc1Cl. The molecule has 1 atom stereocenters. The molecule has 3 aromatic carbocycles. The van der Waals surface area contributed by atoms with E-state index in [0.29, 0.717) is 79.7 Å². The molecule has 0 fully saturated rings. The molecule has 0 saturated heterocycles. The Morgan fingerprint density at radius 2 is 1.67 bits per heavy atom. The van der Waals surface area contributed by atoms with Gasteiger partial charge in [0, 0.05) is 27.4 Å². The molecule has 1 aliphatic rings. The molecule has 0 N–H and O–H groups in total. The zero-order chi connectivity index (χ0) is 35.1. The van der Waals surface area contributed by atoms with Crippen molar-refractivity contribution in [2.24, 2.45) is 4.99 Å². The van der Waals surface area contributed by atoms with Gasteiger partial charge in [-0.25, -0.2) is 9.79 Å². The van der Waals surface area contributed by atoms with Crippen molar-refractivity contribution < 1.29 is 28.5 Å². The molecule has 0 amide bonds. The van der Waals surface area contributed by atoms with Crippen LogP contribution in [0, 0.1) is 0 Å². The first-order valence-electron chi connectivity index (χ1n) is 15.7. The number of aromatic nitrogens is 1. The lowest BCUT2D eigenvalue weighted by Crippen LogP contribution is -2.39. The standard InChI is InChI=1S/C37H36Cl2N2O7S/c1-6-10-24-15-22(16-31(47-9-4)34(24)48-21-25-11-13-26(38)19-28(25)39)17-32-35(42)41-33(27(36(43)44-5)20-40-37(41)49-32)23-12-14-29(45-7-2)30(18-23)46-8-3/h6,11-20,33H,1,7-10,21H2,2-5H3/b32-17-/t33-/m1/s1. The zero-order valence-corrected chi connectivity index (χ0v) is 29.9. The molecule has 4 aromatic rings. The van der Waals surface area contributed by atoms with Gasteiger partial charge in [-0.15, -0.1) is 6.58 Å². The average Bonchev–Trinajstić information content (AvgIpc) is 3.40. The van der Waals surface area contributed by atoms with E-state index in [4.69, 9.17) is 46.9 Å². The third-order valence-corrected chi connectivity index (χ3v) is 9.10. The fraction of sp³-hybridized carbons (Fsp3) is 0.270. The number of halogens is 2. The van der Waals surface area contributed by atoms with Gasteiger partial charge in [-0.3, -0.25) is 9.36 Å². The van der Waals surface area contributed by atoms with E-state index in [0.717, 1.165) is 11.1 Å². The molecule has 49 heavy (non-hydrogen) atoms. The highest BCUT2D eigenvalue weighted by atomic mass is 35.5. The Morgan fingerprint density at radius 3 is 2.37 bits per heavy atom. The van der Waals surface area contributed by atoms with Gasteiger partial charge < -0.3 is 23.7 Å². The van der Waals surface area contributed by atoms with Crippen molar-refractivity contribution in [1.29, 1.82) is 0 Å². The number of esters is 1. The molecular formula is C37H36Cl2N2O7S. The van der Waals surface area contributed by atoms with Gasteiger partial charge in [0.05, 0.1) is 43.1 Å². The summed E-state index contributed by atoms with van der Waals surface area (Å²) >= 11 is 13.7. The normalized spacial score (nSPS) is 14.0. The summed E-state index contributed by atoms with van der Waals surface area (Å²) in [6, 6.07) is 13.5. The van der Waals surface area contributed by atoms with Gasteiger partial charge in [0.1, 0.15) is 6.61 Å². The van der Waals surface area contributed by atoms with E-state index in [-0.39, 0.29) is 17.7 Å². The van der Waals surface area contributed by atoms with Crippen molar-refractivity contribution in [3.05, 3.63) is 125 Å². The van der Waals surface area contributed by atoms with Gasteiger partial charge in [0.25, 0.3) is 5.56 Å². The Bertz CT molecular complexity index is 2090. The largest absolute Gasteiger partial charge is 0.490 e. The number of allylic oxidation sites excluding steroid dienone is 1. The van der Waals surface area contributed by atoms with E-state index >= 15 is 0 Å². The molecule has 0 bridgehead atoms. The van der Waals surface area contributed by atoms with E-state index < -0.39 is 12.0 Å². The van der Waals surface area contributed by atoms with Gasteiger partial charge >= 0.3 is 5.97 Å². The summed E-state index contributed by atoms with van der Waals surface area (Å²) in [5.74, 6) is 1.53. The van der Waals surface area contributed by atoms with Crippen LogP contribution >= 0.6 is 34.5 Å². The minimum Gasteiger partial charge on any atom is -0.490 e. The lowest BCUT2D eigenvalue weighted by atomic mass is 9.97. The summed E-state index contributed by atoms with van der Waals surface area (Å²) in [6.07, 6.45) is 5.49. The van der Waals surface area contributed by atoms with Crippen LogP contribution in [0.4, 0.5) is 0 Å². The summed E-state index contributed by atoms with van der Waals surface area (Å²) in [5, 5.41) is 1.03. The second kappa shape index (κ2) is 16.3. The second-order valence-electron chi connectivity index (χ2n) is 10.7. The number of thiazole rings is 1. The topological polar surface area (TPSA) is 97.6 Å². The molecule has 0 unspecified atom stereocenters. The van der Waals surface area contributed by atoms with Crippen molar-refractivity contribution in [2.45, 2.75) is 39.8 Å². The van der Waals surface area contributed by atoms with Crippen molar-refractivity contribution in [3.63, 3.8) is 0 Å². The molecule has 2 heterocycles. The van der Waals surface area contributed by atoms with Crippen LogP contribution in [0.15, 0.2) is 82.7 Å². The number of carbonyl (C=O) groups excluding carboxylic acids is 1. The first-order valence-corrected chi connectivity index (χ1v) is 17.3. The second-order valence-corrected chi connectivity index (χ2v) is 12.6. The summed E-state index contributed by atoms with van der Waals surface area (Å²) in [4.78, 5) is 32.1. The number of ether oxygens (including phenoxy) is 5. The molecule has 12 heteroatoms. The Hall–Kier alpha value is -4.51. The van der Waals surface area contributed by atoms with Crippen molar-refractivity contribution in [1.82, 2.24) is 4.57 Å².